The van der Waals surface area contributed by atoms with Gasteiger partial charge in [-0.3, -0.25) is 0 Å². The van der Waals surface area contributed by atoms with Gasteiger partial charge in [-0.1, -0.05) is 13.3 Å². The molecule has 1 unspecified atom stereocenters. The molecular formula is C15H28N4. The number of rotatable bonds is 6. The van der Waals surface area contributed by atoms with Crippen LogP contribution in [0.25, 0.3) is 0 Å². The van der Waals surface area contributed by atoms with E-state index in [9.17, 15) is 0 Å². The van der Waals surface area contributed by atoms with Crippen LogP contribution in [0.3, 0.4) is 0 Å². The smallest absolute Gasteiger partial charge is 0.206 e. The molecule has 1 saturated heterocycles. The first-order valence-corrected chi connectivity index (χ1v) is 7.71. The lowest BCUT2D eigenvalue weighted by Gasteiger charge is -2.36. The molecule has 19 heavy (non-hydrogen) atoms. The topological polar surface area (TPSA) is 33.1 Å². The molecule has 1 aromatic heterocycles. The Balaban J connectivity index is 2.17. The molecule has 1 aliphatic rings. The fourth-order valence-electron chi connectivity index (χ4n) is 2.97. The molecule has 0 spiro atoms. The van der Waals surface area contributed by atoms with Crippen LogP contribution in [0.4, 0.5) is 5.95 Å². The van der Waals surface area contributed by atoms with E-state index >= 15 is 0 Å². The van der Waals surface area contributed by atoms with Crippen LogP contribution in [-0.4, -0.2) is 35.7 Å². The molecule has 0 saturated carbocycles. The number of aryl methyl sites for hydroxylation is 2. The number of piperidine rings is 1. The molecule has 0 radical (unpaired) electrons. The molecule has 0 aliphatic carbocycles. The molecule has 4 heteroatoms. The average Bonchev–Trinajstić information content (AvgIpc) is 2.78. The Morgan fingerprint density at radius 3 is 3.00 bits per heavy atom. The van der Waals surface area contributed by atoms with Gasteiger partial charge in [-0.15, -0.1) is 0 Å². The minimum absolute atomic E-state index is 0.598. The van der Waals surface area contributed by atoms with E-state index in [0.29, 0.717) is 6.04 Å². The highest BCUT2D eigenvalue weighted by molar-refractivity contribution is 5.36. The minimum atomic E-state index is 0.598. The van der Waals surface area contributed by atoms with Crippen LogP contribution in [0.2, 0.25) is 0 Å². The van der Waals surface area contributed by atoms with E-state index in [2.05, 4.69) is 34.8 Å². The third-order valence-electron chi connectivity index (χ3n) is 3.95. The number of imidazole rings is 1. The molecule has 0 aromatic carbocycles. The van der Waals surface area contributed by atoms with Crippen LogP contribution >= 0.6 is 0 Å². The van der Waals surface area contributed by atoms with Crippen LogP contribution in [0.5, 0.6) is 0 Å². The second-order valence-electron chi connectivity index (χ2n) is 5.63. The summed E-state index contributed by atoms with van der Waals surface area (Å²) < 4.78 is 2.35. The number of nitrogens with zero attached hydrogens (tertiary/aromatic N) is 3. The number of anilines is 1. The number of aromatic nitrogens is 2. The SMILES string of the molecule is CCCCn1cc(C)nc1N1CCCCC1CNC. The summed E-state index contributed by atoms with van der Waals surface area (Å²) in [6.07, 6.45) is 8.58. The van der Waals surface area contributed by atoms with Crippen molar-refractivity contribution >= 4 is 5.95 Å². The van der Waals surface area contributed by atoms with E-state index in [4.69, 9.17) is 4.98 Å². The fraction of sp³-hybridized carbons (Fsp3) is 0.800. The molecule has 0 bridgehead atoms. The first kappa shape index (κ1) is 14.4. The lowest BCUT2D eigenvalue weighted by Crippen LogP contribution is -2.46. The Kier molecular flexibility index (Phi) is 5.25. The number of hydrogen-bond donors (Lipinski definition) is 1. The first-order valence-electron chi connectivity index (χ1n) is 7.71. The third kappa shape index (κ3) is 3.50. The maximum absolute atomic E-state index is 4.78. The van der Waals surface area contributed by atoms with Gasteiger partial charge in [0, 0.05) is 31.9 Å². The van der Waals surface area contributed by atoms with Gasteiger partial charge in [0.25, 0.3) is 0 Å². The minimum Gasteiger partial charge on any atom is -0.338 e. The second-order valence-corrected chi connectivity index (χ2v) is 5.63. The van der Waals surface area contributed by atoms with Crippen LogP contribution < -0.4 is 10.2 Å². The zero-order valence-electron chi connectivity index (χ0n) is 12.7. The molecule has 4 nitrogen and oxygen atoms in total. The second kappa shape index (κ2) is 6.94. The van der Waals surface area contributed by atoms with E-state index < -0.39 is 0 Å². The highest BCUT2D eigenvalue weighted by Gasteiger charge is 2.25. The van der Waals surface area contributed by atoms with Crippen molar-refractivity contribution in [1.29, 1.82) is 0 Å². The van der Waals surface area contributed by atoms with Crippen LogP contribution in [0, 0.1) is 6.92 Å². The monoisotopic (exact) mass is 264 g/mol. The molecular weight excluding hydrogens is 236 g/mol. The van der Waals surface area contributed by atoms with Crippen LogP contribution in [-0.2, 0) is 6.54 Å². The van der Waals surface area contributed by atoms with Crippen molar-refractivity contribution in [2.75, 3.05) is 25.0 Å². The molecule has 2 heterocycles. The number of hydrogen-bond acceptors (Lipinski definition) is 3. The number of nitrogens with one attached hydrogen (secondary N) is 1. The normalized spacial score (nSPS) is 19.9. The number of likely N-dealkylation sites (N-methyl/N-ethyl adjacent to an activating group) is 1. The third-order valence-corrected chi connectivity index (χ3v) is 3.95. The zero-order chi connectivity index (χ0) is 13.7. The summed E-state index contributed by atoms with van der Waals surface area (Å²) in [5, 5.41) is 3.33. The Morgan fingerprint density at radius 1 is 1.42 bits per heavy atom. The van der Waals surface area contributed by atoms with Gasteiger partial charge >= 0.3 is 0 Å². The Bertz CT molecular complexity index is 383. The van der Waals surface area contributed by atoms with E-state index in [1.54, 1.807) is 0 Å². The summed E-state index contributed by atoms with van der Waals surface area (Å²) in [4.78, 5) is 7.30. The maximum atomic E-state index is 4.78. The Hall–Kier alpha value is -1.03. The summed E-state index contributed by atoms with van der Waals surface area (Å²) in [7, 11) is 2.04. The van der Waals surface area contributed by atoms with Crippen LogP contribution in [0.1, 0.15) is 44.7 Å². The van der Waals surface area contributed by atoms with E-state index in [-0.39, 0.29) is 0 Å². The summed E-state index contributed by atoms with van der Waals surface area (Å²) >= 11 is 0. The van der Waals surface area contributed by atoms with Gasteiger partial charge in [0.2, 0.25) is 5.95 Å². The van der Waals surface area contributed by atoms with Crippen molar-refractivity contribution in [2.24, 2.45) is 0 Å². The predicted octanol–water partition coefficient (Wildman–Crippen LogP) is 2.57. The predicted molar refractivity (Wildman–Crippen MR) is 80.8 cm³/mol. The van der Waals surface area contributed by atoms with Gasteiger partial charge in [0.1, 0.15) is 0 Å². The van der Waals surface area contributed by atoms with Gasteiger partial charge in [0.15, 0.2) is 0 Å². The molecule has 108 valence electrons. The van der Waals surface area contributed by atoms with Crippen molar-refractivity contribution in [2.45, 2.75) is 58.5 Å². The summed E-state index contributed by atoms with van der Waals surface area (Å²) in [6.45, 7) is 7.64. The summed E-state index contributed by atoms with van der Waals surface area (Å²) in [5.41, 5.74) is 1.14. The number of unbranched alkanes of at least 4 members (excludes halogenated alkanes) is 1. The Labute approximate surface area is 117 Å². The van der Waals surface area contributed by atoms with E-state index in [1.165, 1.54) is 38.1 Å². The highest BCUT2D eigenvalue weighted by atomic mass is 15.3. The van der Waals surface area contributed by atoms with Crippen molar-refractivity contribution in [1.82, 2.24) is 14.9 Å². The van der Waals surface area contributed by atoms with Crippen molar-refractivity contribution < 1.29 is 0 Å². The molecule has 1 fully saturated rings. The van der Waals surface area contributed by atoms with Crippen molar-refractivity contribution in [3.63, 3.8) is 0 Å². The van der Waals surface area contributed by atoms with Gasteiger partial charge in [-0.2, -0.15) is 0 Å². The van der Waals surface area contributed by atoms with Crippen molar-refractivity contribution in [3.8, 4) is 0 Å². The van der Waals surface area contributed by atoms with Gasteiger partial charge < -0.3 is 14.8 Å². The first-order chi connectivity index (χ1) is 9.26. The van der Waals surface area contributed by atoms with Gasteiger partial charge in [0.05, 0.1) is 5.69 Å². The van der Waals surface area contributed by atoms with Crippen molar-refractivity contribution in [3.05, 3.63) is 11.9 Å². The molecule has 2 rings (SSSR count). The standard InChI is InChI=1S/C15H28N4/c1-4-5-9-18-12-13(2)17-15(18)19-10-7-6-8-14(19)11-16-3/h12,14,16H,4-11H2,1-3H3. The van der Waals surface area contributed by atoms with Gasteiger partial charge in [-0.25, -0.2) is 4.98 Å². The maximum Gasteiger partial charge on any atom is 0.206 e. The molecule has 1 N–H and O–H groups in total. The van der Waals surface area contributed by atoms with Crippen LogP contribution in [0.15, 0.2) is 6.20 Å². The molecule has 1 atom stereocenters. The average molecular weight is 264 g/mol. The highest BCUT2D eigenvalue weighted by Crippen LogP contribution is 2.24. The lowest BCUT2D eigenvalue weighted by molar-refractivity contribution is 0.433. The molecule has 1 aromatic rings. The fourth-order valence-corrected chi connectivity index (χ4v) is 2.97. The summed E-state index contributed by atoms with van der Waals surface area (Å²) in [6, 6.07) is 0.598. The van der Waals surface area contributed by atoms with Gasteiger partial charge in [-0.05, 0) is 39.7 Å². The molecule has 1 aliphatic heterocycles. The van der Waals surface area contributed by atoms with E-state index in [1.807, 2.05) is 7.05 Å². The molecule has 0 amide bonds. The zero-order valence-corrected chi connectivity index (χ0v) is 12.7. The lowest BCUT2D eigenvalue weighted by atomic mass is 10.0. The Morgan fingerprint density at radius 2 is 2.26 bits per heavy atom. The quantitative estimate of drug-likeness (QED) is 0.857. The largest absolute Gasteiger partial charge is 0.338 e. The summed E-state index contributed by atoms with van der Waals surface area (Å²) in [5.74, 6) is 1.19. The van der Waals surface area contributed by atoms with E-state index in [0.717, 1.165) is 25.3 Å².